The minimum Gasteiger partial charge on any atom is -0.342 e. The largest absolute Gasteiger partial charge is 0.342 e. The Morgan fingerprint density at radius 1 is 1.53 bits per heavy atom. The first kappa shape index (κ1) is 12.9. The minimum atomic E-state index is 0.321. The summed E-state index contributed by atoms with van der Waals surface area (Å²) >= 11 is 13.4. The highest BCUT2D eigenvalue weighted by Gasteiger charge is 2.13. The number of nitrogens with zero attached hydrogens (tertiary/aromatic N) is 1. The maximum absolute atomic E-state index is 6.10. The van der Waals surface area contributed by atoms with Crippen molar-refractivity contribution in [3.05, 3.63) is 26.8 Å². The smallest absolute Gasteiger partial charge is 0.109 e. The Labute approximate surface area is 114 Å². The van der Waals surface area contributed by atoms with Crippen molar-refractivity contribution in [1.82, 2.24) is 9.97 Å². The predicted octanol–water partition coefficient (Wildman–Crippen LogP) is 3.90. The summed E-state index contributed by atoms with van der Waals surface area (Å²) in [5, 5.41) is 0. The lowest BCUT2D eigenvalue weighted by Gasteiger charge is -2.05. The third kappa shape index (κ3) is 2.83. The molecule has 0 fully saturated rings. The quantitative estimate of drug-likeness (QED) is 0.897. The fraction of sp³-hybridized carbons (Fsp3) is 0.364. The van der Waals surface area contributed by atoms with Gasteiger partial charge in [-0.25, -0.2) is 4.98 Å². The first-order valence-electron chi connectivity index (χ1n) is 5.32. The zero-order chi connectivity index (χ0) is 12.4. The van der Waals surface area contributed by atoms with E-state index >= 15 is 0 Å². The van der Waals surface area contributed by atoms with Gasteiger partial charge in [-0.05, 0) is 19.0 Å². The Morgan fingerprint density at radius 2 is 2.29 bits per heavy atom. The number of H-pyrrole nitrogens is 1. The fourth-order valence-electron chi connectivity index (χ4n) is 1.63. The number of nitrogens with one attached hydrogen (secondary N) is 1. The summed E-state index contributed by atoms with van der Waals surface area (Å²) in [6.07, 6.45) is 2.69. The third-order valence-electron chi connectivity index (χ3n) is 2.61. The van der Waals surface area contributed by atoms with Crippen molar-refractivity contribution >= 4 is 34.5 Å². The number of aromatic amines is 1. The molecule has 1 unspecified atom stereocenters. The first-order valence-corrected chi connectivity index (χ1v) is 6.89. The monoisotopic (exact) mass is 289 g/mol. The van der Waals surface area contributed by atoms with Crippen molar-refractivity contribution in [3.8, 4) is 11.3 Å². The Balaban J connectivity index is 2.26. The van der Waals surface area contributed by atoms with E-state index in [-0.39, 0.29) is 0 Å². The van der Waals surface area contributed by atoms with E-state index in [1.165, 1.54) is 11.3 Å². The van der Waals surface area contributed by atoms with Crippen LogP contribution < -0.4 is 5.73 Å². The molecule has 17 heavy (non-hydrogen) atoms. The van der Waals surface area contributed by atoms with Gasteiger partial charge in [0.05, 0.1) is 16.2 Å². The molecule has 0 saturated heterocycles. The predicted molar refractivity (Wildman–Crippen MR) is 74.0 cm³/mol. The SMILES string of the molecule is CC(CCN)c1ncc(-c2cc(Cl)sc2Cl)[nH]1. The van der Waals surface area contributed by atoms with Crippen LogP contribution in [0.2, 0.25) is 8.67 Å². The van der Waals surface area contributed by atoms with E-state index in [4.69, 9.17) is 28.9 Å². The van der Waals surface area contributed by atoms with E-state index in [1.54, 1.807) is 6.20 Å². The van der Waals surface area contributed by atoms with Crippen molar-refractivity contribution in [2.24, 2.45) is 5.73 Å². The molecule has 0 aliphatic carbocycles. The van der Waals surface area contributed by atoms with Crippen LogP contribution >= 0.6 is 34.5 Å². The summed E-state index contributed by atoms with van der Waals surface area (Å²) in [5.41, 5.74) is 7.34. The number of imidazole rings is 1. The summed E-state index contributed by atoms with van der Waals surface area (Å²) in [4.78, 5) is 7.62. The van der Waals surface area contributed by atoms with E-state index in [1.807, 2.05) is 6.07 Å². The highest BCUT2D eigenvalue weighted by atomic mass is 35.5. The van der Waals surface area contributed by atoms with Crippen molar-refractivity contribution in [2.45, 2.75) is 19.3 Å². The van der Waals surface area contributed by atoms with Crippen LogP contribution in [0.4, 0.5) is 0 Å². The molecule has 1 atom stereocenters. The summed E-state index contributed by atoms with van der Waals surface area (Å²) in [6, 6.07) is 1.85. The molecule has 0 aromatic carbocycles. The maximum atomic E-state index is 6.10. The molecule has 2 heterocycles. The normalized spacial score (nSPS) is 12.9. The second kappa shape index (κ2) is 5.40. The average Bonchev–Trinajstić information content (AvgIpc) is 2.85. The molecule has 2 aromatic heterocycles. The maximum Gasteiger partial charge on any atom is 0.109 e. The number of rotatable bonds is 4. The highest BCUT2D eigenvalue weighted by Crippen LogP contribution is 2.37. The number of hydrogen-bond acceptors (Lipinski definition) is 3. The lowest BCUT2D eigenvalue weighted by molar-refractivity contribution is 0.655. The molecule has 3 N–H and O–H groups in total. The number of halogens is 2. The van der Waals surface area contributed by atoms with E-state index in [9.17, 15) is 0 Å². The van der Waals surface area contributed by atoms with E-state index in [0.29, 0.717) is 21.1 Å². The molecule has 6 heteroatoms. The Bertz CT molecular complexity index is 507. The van der Waals surface area contributed by atoms with Crippen molar-refractivity contribution < 1.29 is 0 Å². The van der Waals surface area contributed by atoms with Gasteiger partial charge in [0.2, 0.25) is 0 Å². The van der Waals surface area contributed by atoms with Crippen LogP contribution in [0.15, 0.2) is 12.3 Å². The Kier molecular flexibility index (Phi) is 4.09. The van der Waals surface area contributed by atoms with E-state index in [2.05, 4.69) is 16.9 Å². The topological polar surface area (TPSA) is 54.7 Å². The van der Waals surface area contributed by atoms with Crippen molar-refractivity contribution in [2.75, 3.05) is 6.54 Å². The fourth-order valence-corrected chi connectivity index (χ4v) is 3.13. The molecule has 2 aromatic rings. The van der Waals surface area contributed by atoms with Crippen LogP contribution in [0.5, 0.6) is 0 Å². The van der Waals surface area contributed by atoms with Gasteiger partial charge in [-0.2, -0.15) is 0 Å². The van der Waals surface area contributed by atoms with Gasteiger partial charge in [-0.3, -0.25) is 0 Å². The van der Waals surface area contributed by atoms with Gasteiger partial charge < -0.3 is 10.7 Å². The molecule has 0 aliphatic heterocycles. The molecule has 0 saturated carbocycles. The molecular weight excluding hydrogens is 277 g/mol. The molecule has 0 radical (unpaired) electrons. The zero-order valence-electron chi connectivity index (χ0n) is 9.34. The molecule has 0 spiro atoms. The second-order valence-corrected chi connectivity index (χ2v) is 6.18. The Morgan fingerprint density at radius 3 is 2.88 bits per heavy atom. The molecular formula is C11H13Cl2N3S. The number of hydrogen-bond donors (Lipinski definition) is 2. The van der Waals surface area contributed by atoms with Gasteiger partial charge in [0, 0.05) is 11.5 Å². The minimum absolute atomic E-state index is 0.321. The van der Waals surface area contributed by atoms with Gasteiger partial charge in [-0.15, -0.1) is 11.3 Å². The van der Waals surface area contributed by atoms with Gasteiger partial charge >= 0.3 is 0 Å². The highest BCUT2D eigenvalue weighted by molar-refractivity contribution is 7.20. The third-order valence-corrected chi connectivity index (χ3v) is 4.10. The Hall–Kier alpha value is -0.550. The molecule has 0 amide bonds. The van der Waals surface area contributed by atoms with Gasteiger partial charge in [-0.1, -0.05) is 30.1 Å². The molecule has 0 bridgehead atoms. The summed E-state index contributed by atoms with van der Waals surface area (Å²) in [7, 11) is 0. The zero-order valence-corrected chi connectivity index (χ0v) is 11.7. The molecule has 3 nitrogen and oxygen atoms in total. The summed E-state index contributed by atoms with van der Waals surface area (Å²) < 4.78 is 1.35. The van der Waals surface area contributed by atoms with E-state index < -0.39 is 0 Å². The number of thiophene rings is 1. The van der Waals surface area contributed by atoms with Crippen LogP contribution in [0.25, 0.3) is 11.3 Å². The van der Waals surface area contributed by atoms with Gasteiger partial charge in [0.25, 0.3) is 0 Å². The van der Waals surface area contributed by atoms with E-state index in [0.717, 1.165) is 23.5 Å². The molecule has 2 rings (SSSR count). The van der Waals surface area contributed by atoms with Crippen LogP contribution in [0.1, 0.15) is 25.1 Å². The first-order chi connectivity index (χ1) is 8.11. The lowest BCUT2D eigenvalue weighted by Crippen LogP contribution is -2.05. The molecule has 0 aliphatic rings. The lowest BCUT2D eigenvalue weighted by atomic mass is 10.1. The molecule has 92 valence electrons. The number of aromatic nitrogens is 2. The van der Waals surface area contributed by atoms with Crippen LogP contribution in [-0.4, -0.2) is 16.5 Å². The van der Waals surface area contributed by atoms with Gasteiger partial charge in [0.15, 0.2) is 0 Å². The number of nitrogens with two attached hydrogens (primary N) is 1. The second-order valence-electron chi connectivity index (χ2n) is 3.90. The van der Waals surface area contributed by atoms with Crippen LogP contribution in [0.3, 0.4) is 0 Å². The van der Waals surface area contributed by atoms with Crippen molar-refractivity contribution in [3.63, 3.8) is 0 Å². The standard InChI is InChI=1S/C11H13Cl2N3S/c1-6(2-3-14)11-15-5-8(16-11)7-4-9(12)17-10(7)13/h4-6H,2-3,14H2,1H3,(H,15,16). The average molecular weight is 290 g/mol. The van der Waals surface area contributed by atoms with Crippen molar-refractivity contribution in [1.29, 1.82) is 0 Å². The summed E-state index contributed by atoms with van der Waals surface area (Å²) in [6.45, 7) is 2.75. The van der Waals surface area contributed by atoms with Crippen LogP contribution in [0, 0.1) is 0 Å². The van der Waals surface area contributed by atoms with Crippen LogP contribution in [-0.2, 0) is 0 Å². The summed E-state index contributed by atoms with van der Waals surface area (Å²) in [5.74, 6) is 1.26. The van der Waals surface area contributed by atoms with Gasteiger partial charge in [0.1, 0.15) is 10.2 Å².